The number of oxime groups is 1. The maximum Gasteiger partial charge on any atom is 0.262 e. The number of carbonyl (C=O) groups is 1. The summed E-state index contributed by atoms with van der Waals surface area (Å²) in [6.07, 6.45) is -0.00871. The molecule has 0 bridgehead atoms. The van der Waals surface area contributed by atoms with E-state index in [1.807, 2.05) is 0 Å². The first kappa shape index (κ1) is 20.7. The molecule has 0 saturated carbocycles. The maximum absolute atomic E-state index is 13.0. The average molecular weight is 423 g/mol. The lowest BCUT2D eigenvalue weighted by Gasteiger charge is -2.21. The molecule has 1 aliphatic rings. The molecule has 2 aromatic rings. The Morgan fingerprint density at radius 1 is 1.17 bits per heavy atom. The van der Waals surface area contributed by atoms with Gasteiger partial charge in [-0.15, -0.1) is 0 Å². The topological polar surface area (TPSA) is 118 Å². The van der Waals surface area contributed by atoms with E-state index in [1.54, 1.807) is 0 Å². The number of nitrogens with zero attached hydrogens (tertiary/aromatic N) is 2. The van der Waals surface area contributed by atoms with Crippen molar-refractivity contribution in [2.24, 2.45) is 5.16 Å². The second-order valence-corrected chi connectivity index (χ2v) is 8.00. The molecule has 1 aliphatic heterocycles. The highest BCUT2D eigenvalue weighted by Crippen LogP contribution is 2.28. The first-order valence-electron chi connectivity index (χ1n) is 8.43. The number of sulfonamides is 1. The Morgan fingerprint density at radius 3 is 2.31 bits per heavy atom. The molecule has 11 heteroatoms. The molecule has 0 aliphatic carbocycles. The number of halogens is 1. The molecule has 1 amide bonds. The van der Waals surface area contributed by atoms with Crippen molar-refractivity contribution in [3.63, 3.8) is 0 Å². The van der Waals surface area contributed by atoms with Crippen molar-refractivity contribution in [3.8, 4) is 11.5 Å². The maximum atomic E-state index is 13.0. The molecule has 0 radical (unpaired) electrons. The third-order valence-electron chi connectivity index (χ3n) is 4.23. The van der Waals surface area contributed by atoms with Gasteiger partial charge in [0.05, 0.1) is 17.2 Å². The standard InChI is InChI=1S/C18H18FN3O6S/c1-27-21-13-10-17(18(23)20-24)22(11-13)29(25,26)16-8-6-15(7-9-16)28-14-4-2-12(19)3-5-14/h2-9,17,24H,10-11H2,1H3,(H,20,23)/b21-13-/t17-/m0/s1. The van der Waals surface area contributed by atoms with Gasteiger partial charge >= 0.3 is 0 Å². The summed E-state index contributed by atoms with van der Waals surface area (Å²) in [6, 6.07) is 9.75. The molecule has 29 heavy (non-hydrogen) atoms. The Labute approximate surface area is 166 Å². The summed E-state index contributed by atoms with van der Waals surface area (Å²) >= 11 is 0. The van der Waals surface area contributed by atoms with E-state index in [0.29, 0.717) is 17.2 Å². The number of amides is 1. The second-order valence-electron chi connectivity index (χ2n) is 6.11. The summed E-state index contributed by atoms with van der Waals surface area (Å²) in [6.45, 7) is -0.151. The molecule has 2 N–H and O–H groups in total. The number of benzene rings is 2. The predicted molar refractivity (Wildman–Crippen MR) is 99.6 cm³/mol. The SMILES string of the molecule is CO/N=C1/C[C@@H](C(=O)NO)N(S(=O)(=O)c2ccc(Oc3ccc(F)cc3)cc2)C1. The molecule has 3 rings (SSSR count). The molecule has 0 spiro atoms. The molecule has 1 heterocycles. The van der Waals surface area contributed by atoms with Crippen LogP contribution in [0.2, 0.25) is 0 Å². The quantitative estimate of drug-likeness (QED) is 0.541. The average Bonchev–Trinajstić information content (AvgIpc) is 3.15. The fourth-order valence-electron chi connectivity index (χ4n) is 2.88. The molecule has 9 nitrogen and oxygen atoms in total. The number of nitrogens with one attached hydrogen (secondary N) is 1. The van der Waals surface area contributed by atoms with Gasteiger partial charge in [0.2, 0.25) is 10.0 Å². The second kappa shape index (κ2) is 8.55. The van der Waals surface area contributed by atoms with Crippen LogP contribution in [0.5, 0.6) is 11.5 Å². The fourth-order valence-corrected chi connectivity index (χ4v) is 4.45. The van der Waals surface area contributed by atoms with Crippen LogP contribution in [0.25, 0.3) is 0 Å². The number of hydroxylamine groups is 1. The van der Waals surface area contributed by atoms with Crippen molar-refractivity contribution in [3.05, 3.63) is 54.3 Å². The summed E-state index contributed by atoms with van der Waals surface area (Å²) in [4.78, 5) is 16.5. The Morgan fingerprint density at radius 2 is 1.76 bits per heavy atom. The lowest BCUT2D eigenvalue weighted by Crippen LogP contribution is -2.44. The summed E-state index contributed by atoms with van der Waals surface area (Å²) in [5, 5.41) is 12.6. The summed E-state index contributed by atoms with van der Waals surface area (Å²) in [5.74, 6) is -0.529. The van der Waals surface area contributed by atoms with Crippen molar-refractivity contribution >= 4 is 21.6 Å². The van der Waals surface area contributed by atoms with Crippen molar-refractivity contribution in [2.75, 3.05) is 13.7 Å². The monoisotopic (exact) mass is 423 g/mol. The minimum atomic E-state index is -4.07. The fraction of sp³-hybridized carbons (Fsp3) is 0.222. The smallest absolute Gasteiger partial charge is 0.262 e. The van der Waals surface area contributed by atoms with Crippen LogP contribution in [0.4, 0.5) is 4.39 Å². The molecule has 2 aromatic carbocycles. The van der Waals surface area contributed by atoms with Gasteiger partial charge < -0.3 is 9.57 Å². The lowest BCUT2D eigenvalue weighted by atomic mass is 10.2. The van der Waals surface area contributed by atoms with E-state index in [4.69, 9.17) is 9.94 Å². The number of ether oxygens (including phenoxy) is 1. The van der Waals surface area contributed by atoms with E-state index in [0.717, 1.165) is 4.31 Å². The lowest BCUT2D eigenvalue weighted by molar-refractivity contribution is -0.132. The molecule has 1 saturated heterocycles. The highest BCUT2D eigenvalue weighted by atomic mass is 32.2. The molecule has 0 aromatic heterocycles. The zero-order valence-corrected chi connectivity index (χ0v) is 16.1. The molecular formula is C18H18FN3O6S. The predicted octanol–water partition coefficient (Wildman–Crippen LogP) is 1.89. The van der Waals surface area contributed by atoms with E-state index in [1.165, 1.54) is 61.1 Å². The van der Waals surface area contributed by atoms with Crippen LogP contribution >= 0.6 is 0 Å². The highest BCUT2D eigenvalue weighted by molar-refractivity contribution is 7.89. The first-order chi connectivity index (χ1) is 13.8. The molecule has 1 atom stereocenters. The van der Waals surface area contributed by atoms with Gasteiger partial charge in [0.15, 0.2) is 0 Å². The zero-order valence-electron chi connectivity index (χ0n) is 15.3. The Bertz CT molecular complexity index is 1010. The van der Waals surface area contributed by atoms with Crippen molar-refractivity contribution in [2.45, 2.75) is 17.4 Å². The number of hydrogen-bond acceptors (Lipinski definition) is 7. The number of carbonyl (C=O) groups excluding carboxylic acids is 1. The van der Waals surface area contributed by atoms with Gasteiger partial charge in [0, 0.05) is 6.42 Å². The Hall–Kier alpha value is -3.02. The largest absolute Gasteiger partial charge is 0.457 e. The minimum Gasteiger partial charge on any atom is -0.457 e. The van der Waals surface area contributed by atoms with Crippen LogP contribution in [-0.2, 0) is 19.7 Å². The van der Waals surface area contributed by atoms with Gasteiger partial charge in [0.25, 0.3) is 5.91 Å². The van der Waals surface area contributed by atoms with Crippen LogP contribution in [0.3, 0.4) is 0 Å². The van der Waals surface area contributed by atoms with Crippen molar-refractivity contribution < 1.29 is 32.4 Å². The van der Waals surface area contributed by atoms with Gasteiger partial charge in [-0.3, -0.25) is 10.0 Å². The van der Waals surface area contributed by atoms with E-state index in [-0.39, 0.29) is 17.9 Å². The molecule has 154 valence electrons. The van der Waals surface area contributed by atoms with Crippen molar-refractivity contribution in [1.82, 2.24) is 9.79 Å². The van der Waals surface area contributed by atoms with E-state index in [2.05, 4.69) is 9.99 Å². The normalized spacial score (nSPS) is 18.6. The zero-order chi connectivity index (χ0) is 21.0. The first-order valence-corrected chi connectivity index (χ1v) is 9.87. The van der Waals surface area contributed by atoms with Crippen LogP contribution in [0, 0.1) is 5.82 Å². The van der Waals surface area contributed by atoms with Gasteiger partial charge in [-0.25, -0.2) is 18.3 Å². The number of rotatable bonds is 6. The Kier molecular flexibility index (Phi) is 6.11. The minimum absolute atomic E-state index is 0.00871. The third-order valence-corrected chi connectivity index (χ3v) is 6.10. The van der Waals surface area contributed by atoms with Crippen LogP contribution in [0.15, 0.2) is 58.6 Å². The Balaban J connectivity index is 1.83. The van der Waals surface area contributed by atoms with Gasteiger partial charge in [-0.2, -0.15) is 4.31 Å². The molecule has 1 fully saturated rings. The summed E-state index contributed by atoms with van der Waals surface area (Å²) in [7, 11) is -2.76. The van der Waals surface area contributed by atoms with E-state index < -0.39 is 27.8 Å². The highest BCUT2D eigenvalue weighted by Gasteiger charge is 2.42. The van der Waals surface area contributed by atoms with Crippen LogP contribution < -0.4 is 10.2 Å². The molecular weight excluding hydrogens is 405 g/mol. The molecule has 0 unspecified atom stereocenters. The van der Waals surface area contributed by atoms with Gasteiger partial charge in [0.1, 0.15) is 30.5 Å². The van der Waals surface area contributed by atoms with E-state index >= 15 is 0 Å². The van der Waals surface area contributed by atoms with Crippen LogP contribution in [0.1, 0.15) is 6.42 Å². The third kappa shape index (κ3) is 4.53. The van der Waals surface area contributed by atoms with Crippen molar-refractivity contribution in [1.29, 1.82) is 0 Å². The summed E-state index contributed by atoms with van der Waals surface area (Å²) in [5.41, 5.74) is 1.82. The summed E-state index contributed by atoms with van der Waals surface area (Å²) < 4.78 is 45.5. The van der Waals surface area contributed by atoms with E-state index in [9.17, 15) is 17.6 Å². The van der Waals surface area contributed by atoms with Gasteiger partial charge in [-0.1, -0.05) is 5.16 Å². The van der Waals surface area contributed by atoms with Gasteiger partial charge in [-0.05, 0) is 48.5 Å². The number of hydrogen-bond donors (Lipinski definition) is 2. The van der Waals surface area contributed by atoms with Crippen LogP contribution in [-0.4, -0.2) is 49.2 Å².